The van der Waals surface area contributed by atoms with E-state index in [-0.39, 0.29) is 17.7 Å². The second kappa shape index (κ2) is 5.85. The lowest BCUT2D eigenvalue weighted by Gasteiger charge is -2.06. The van der Waals surface area contributed by atoms with Crippen molar-refractivity contribution < 1.29 is 14.3 Å². The zero-order valence-corrected chi connectivity index (χ0v) is 8.81. The first-order valence-corrected chi connectivity index (χ1v) is 4.83. The molecule has 1 rings (SSSR count). The Morgan fingerprint density at radius 1 is 1.31 bits per heavy atom. The largest absolute Gasteiger partial charge is 0.462 e. The van der Waals surface area contributed by atoms with Crippen LogP contribution in [-0.2, 0) is 4.74 Å². The van der Waals surface area contributed by atoms with Gasteiger partial charge < -0.3 is 4.74 Å². The van der Waals surface area contributed by atoms with Crippen molar-refractivity contribution in [1.82, 2.24) is 0 Å². The van der Waals surface area contributed by atoms with Gasteiger partial charge in [-0.2, -0.15) is 0 Å². The van der Waals surface area contributed by atoms with Gasteiger partial charge in [0.1, 0.15) is 0 Å². The van der Waals surface area contributed by atoms with Crippen molar-refractivity contribution in [3.05, 3.63) is 55.0 Å². The molecule has 0 aliphatic carbocycles. The van der Waals surface area contributed by atoms with Gasteiger partial charge in [0.25, 0.3) is 0 Å². The van der Waals surface area contributed by atoms with Crippen LogP contribution >= 0.6 is 0 Å². The van der Waals surface area contributed by atoms with E-state index in [1.54, 1.807) is 18.2 Å². The third kappa shape index (κ3) is 3.05. The Balaban J connectivity index is 2.82. The minimum Gasteiger partial charge on any atom is -0.462 e. The van der Waals surface area contributed by atoms with Crippen LogP contribution in [-0.4, -0.2) is 18.4 Å². The van der Waals surface area contributed by atoms with Crippen LogP contribution in [0.4, 0.5) is 0 Å². The molecular formula is C13H12O3. The van der Waals surface area contributed by atoms with Gasteiger partial charge in [-0.15, -0.1) is 6.58 Å². The molecule has 3 heteroatoms. The summed E-state index contributed by atoms with van der Waals surface area (Å²) in [5.74, 6) is -1.19. The molecule has 0 spiro atoms. The standard InChI is InChI=1S/C13H12O3/c1-3-4-9-16-13(15)12-8-6-5-7-11(12)10(2)14/h2-3,5-8H,1,4,9H2. The van der Waals surface area contributed by atoms with Gasteiger partial charge in [-0.25, -0.2) is 4.79 Å². The quantitative estimate of drug-likeness (QED) is 0.328. The Bertz CT molecular complexity index is 407. The van der Waals surface area contributed by atoms with E-state index in [0.29, 0.717) is 6.42 Å². The van der Waals surface area contributed by atoms with Crippen molar-refractivity contribution >= 4 is 11.8 Å². The molecule has 0 heterocycles. The number of hydrogen-bond acceptors (Lipinski definition) is 3. The molecule has 1 aromatic carbocycles. The van der Waals surface area contributed by atoms with E-state index >= 15 is 0 Å². The first-order valence-electron chi connectivity index (χ1n) is 4.83. The van der Waals surface area contributed by atoms with E-state index in [4.69, 9.17) is 11.7 Å². The highest BCUT2D eigenvalue weighted by atomic mass is 16.5. The molecule has 0 amide bonds. The summed E-state index contributed by atoms with van der Waals surface area (Å²) >= 11 is 0. The highest BCUT2D eigenvalue weighted by Crippen LogP contribution is 2.11. The van der Waals surface area contributed by atoms with Crippen LogP contribution in [0, 0.1) is 6.92 Å². The van der Waals surface area contributed by atoms with E-state index < -0.39 is 11.8 Å². The summed E-state index contributed by atoms with van der Waals surface area (Å²) in [6.07, 6.45) is 2.22. The average Bonchev–Trinajstić information content (AvgIpc) is 2.29. The average molecular weight is 216 g/mol. The Morgan fingerprint density at radius 2 is 1.94 bits per heavy atom. The zero-order valence-electron chi connectivity index (χ0n) is 8.81. The third-order valence-electron chi connectivity index (χ3n) is 1.97. The Kier molecular flexibility index (Phi) is 4.45. The fraction of sp³-hybridized carbons (Fsp3) is 0.154. The predicted octanol–water partition coefficient (Wildman–Crippen LogP) is 2.31. The van der Waals surface area contributed by atoms with Crippen LogP contribution in [0.5, 0.6) is 0 Å². The number of benzene rings is 1. The molecule has 0 aliphatic heterocycles. The van der Waals surface area contributed by atoms with Gasteiger partial charge in [0.2, 0.25) is 0 Å². The van der Waals surface area contributed by atoms with E-state index in [0.717, 1.165) is 0 Å². The van der Waals surface area contributed by atoms with Crippen molar-refractivity contribution in [3.8, 4) is 0 Å². The van der Waals surface area contributed by atoms with Gasteiger partial charge in [0.05, 0.1) is 12.2 Å². The normalized spacial score (nSPS) is 9.56. The molecule has 0 N–H and O–H groups in total. The summed E-state index contributed by atoms with van der Waals surface area (Å²) in [6.45, 7) is 8.90. The molecule has 3 nitrogen and oxygen atoms in total. The molecule has 82 valence electrons. The van der Waals surface area contributed by atoms with E-state index in [2.05, 4.69) is 6.58 Å². The van der Waals surface area contributed by atoms with Crippen molar-refractivity contribution in [3.63, 3.8) is 0 Å². The smallest absolute Gasteiger partial charge is 0.338 e. The molecule has 0 saturated carbocycles. The Hall–Kier alpha value is -1.90. The number of carbonyl (C=O) groups excluding carboxylic acids is 2. The van der Waals surface area contributed by atoms with Gasteiger partial charge in [-0.05, 0) is 12.5 Å². The molecule has 0 aromatic heterocycles. The molecule has 0 fully saturated rings. The summed E-state index contributed by atoms with van der Waals surface area (Å²) < 4.78 is 4.94. The lowest BCUT2D eigenvalue weighted by Crippen LogP contribution is -2.11. The van der Waals surface area contributed by atoms with E-state index in [1.165, 1.54) is 12.1 Å². The van der Waals surface area contributed by atoms with Crippen LogP contribution in [0.3, 0.4) is 0 Å². The molecule has 0 saturated heterocycles. The monoisotopic (exact) mass is 216 g/mol. The molecule has 0 aliphatic rings. The second-order valence-electron chi connectivity index (χ2n) is 3.12. The fourth-order valence-electron chi connectivity index (χ4n) is 1.19. The van der Waals surface area contributed by atoms with Gasteiger partial charge in [-0.1, -0.05) is 24.3 Å². The SMILES string of the molecule is [CH]C(=O)c1ccccc1C(=O)OCCC=C. The minimum absolute atomic E-state index is 0.172. The summed E-state index contributed by atoms with van der Waals surface area (Å²) in [4.78, 5) is 22.6. The molecule has 16 heavy (non-hydrogen) atoms. The van der Waals surface area contributed by atoms with E-state index in [1.807, 2.05) is 0 Å². The fourth-order valence-corrected chi connectivity index (χ4v) is 1.19. The highest BCUT2D eigenvalue weighted by Gasteiger charge is 2.14. The van der Waals surface area contributed by atoms with Gasteiger partial charge in [0.15, 0.2) is 5.78 Å². The first-order chi connectivity index (χ1) is 7.66. The maximum Gasteiger partial charge on any atom is 0.338 e. The van der Waals surface area contributed by atoms with Crippen molar-refractivity contribution in [2.24, 2.45) is 0 Å². The zero-order chi connectivity index (χ0) is 12.0. The maximum absolute atomic E-state index is 11.6. The van der Waals surface area contributed by atoms with Crippen LogP contribution in [0.1, 0.15) is 27.1 Å². The van der Waals surface area contributed by atoms with Crippen molar-refractivity contribution in [2.45, 2.75) is 6.42 Å². The van der Waals surface area contributed by atoms with E-state index in [9.17, 15) is 9.59 Å². The van der Waals surface area contributed by atoms with Gasteiger partial charge >= 0.3 is 5.97 Å². The molecule has 2 radical (unpaired) electrons. The number of ketones is 1. The van der Waals surface area contributed by atoms with Crippen LogP contribution < -0.4 is 0 Å². The number of Topliss-reactive ketones (excluding diaryl/α,β-unsaturated/α-hetero) is 1. The molecule has 0 bridgehead atoms. The summed E-state index contributed by atoms with van der Waals surface area (Å²) in [5, 5.41) is 0. The highest BCUT2D eigenvalue weighted by molar-refractivity contribution is 6.08. The van der Waals surface area contributed by atoms with Crippen molar-refractivity contribution in [2.75, 3.05) is 6.61 Å². The molecule has 0 unspecified atom stereocenters. The number of rotatable bonds is 5. The van der Waals surface area contributed by atoms with Crippen LogP contribution in [0.25, 0.3) is 0 Å². The first kappa shape index (κ1) is 12.2. The Morgan fingerprint density at radius 3 is 2.50 bits per heavy atom. The van der Waals surface area contributed by atoms with Crippen LogP contribution in [0.2, 0.25) is 0 Å². The Labute approximate surface area is 94.7 Å². The number of ether oxygens (including phenoxy) is 1. The predicted molar refractivity (Wildman–Crippen MR) is 60.2 cm³/mol. The molecular weight excluding hydrogens is 204 g/mol. The lowest BCUT2D eigenvalue weighted by atomic mass is 10.0. The third-order valence-corrected chi connectivity index (χ3v) is 1.97. The van der Waals surface area contributed by atoms with Crippen LogP contribution in [0.15, 0.2) is 36.9 Å². The minimum atomic E-state index is -0.642. The second-order valence-corrected chi connectivity index (χ2v) is 3.12. The molecule has 0 atom stereocenters. The number of carbonyl (C=O) groups is 2. The number of hydrogen-bond donors (Lipinski definition) is 0. The summed E-state index contributed by atoms with van der Waals surface area (Å²) in [7, 11) is 0. The van der Waals surface area contributed by atoms with Crippen molar-refractivity contribution in [1.29, 1.82) is 0 Å². The lowest BCUT2D eigenvalue weighted by molar-refractivity contribution is 0.0509. The topological polar surface area (TPSA) is 43.4 Å². The van der Waals surface area contributed by atoms with Gasteiger partial charge in [-0.3, -0.25) is 4.79 Å². The maximum atomic E-state index is 11.6. The summed E-state index contributed by atoms with van der Waals surface area (Å²) in [5.41, 5.74) is 0.366. The molecule has 1 aromatic rings. The van der Waals surface area contributed by atoms with Gasteiger partial charge in [0, 0.05) is 12.5 Å². The summed E-state index contributed by atoms with van der Waals surface area (Å²) in [6, 6.07) is 6.29. The number of esters is 1.